The van der Waals surface area contributed by atoms with E-state index in [1.165, 1.54) is 6.92 Å². The van der Waals surface area contributed by atoms with E-state index in [-0.39, 0.29) is 6.54 Å². The Bertz CT molecular complexity index is 666. The molecular formula is C14H16N2O4S. The first-order valence-electron chi connectivity index (χ1n) is 6.32. The Kier molecular flexibility index (Phi) is 4.44. The molecule has 7 heteroatoms. The van der Waals surface area contributed by atoms with Gasteiger partial charge in [-0.2, -0.15) is 0 Å². The summed E-state index contributed by atoms with van der Waals surface area (Å²) < 4.78 is 1.13. The molecule has 0 radical (unpaired) electrons. The van der Waals surface area contributed by atoms with E-state index in [0.29, 0.717) is 5.69 Å². The molecular weight excluding hydrogens is 292 g/mol. The van der Waals surface area contributed by atoms with Gasteiger partial charge in [0.15, 0.2) is 0 Å². The third-order valence-corrected chi connectivity index (χ3v) is 3.77. The lowest BCUT2D eigenvalue weighted by molar-refractivity contribution is -0.141. The number of carbonyl (C=O) groups is 2. The number of carboxylic acids is 1. The average Bonchev–Trinajstić information content (AvgIpc) is 2.82. The summed E-state index contributed by atoms with van der Waals surface area (Å²) in [4.78, 5) is 22.3. The summed E-state index contributed by atoms with van der Waals surface area (Å²) >= 11 is 1.62. The second-order valence-corrected chi connectivity index (χ2v) is 6.00. The normalized spacial score (nSPS) is 13.6. The molecule has 0 aliphatic carbocycles. The number of nitrogens with one attached hydrogen (secondary N) is 2. The molecule has 2 rings (SSSR count). The number of carboxylic acid groups (broad SMARTS) is 1. The number of urea groups is 1. The van der Waals surface area contributed by atoms with Crippen LogP contribution in [0.5, 0.6) is 0 Å². The first-order chi connectivity index (χ1) is 9.85. The van der Waals surface area contributed by atoms with E-state index in [9.17, 15) is 14.7 Å². The maximum absolute atomic E-state index is 11.7. The SMILES string of the molecule is CC(O)(CNC(=O)Nc1ccc2sccc2c1)CC(=O)O. The molecule has 2 aromatic rings. The van der Waals surface area contributed by atoms with Crippen molar-refractivity contribution in [3.63, 3.8) is 0 Å². The number of anilines is 1. The maximum atomic E-state index is 11.7. The molecule has 1 heterocycles. The third-order valence-electron chi connectivity index (χ3n) is 2.87. The lowest BCUT2D eigenvalue weighted by Crippen LogP contribution is -2.43. The predicted molar refractivity (Wildman–Crippen MR) is 81.7 cm³/mol. The van der Waals surface area contributed by atoms with E-state index in [0.717, 1.165) is 10.1 Å². The topological polar surface area (TPSA) is 98.7 Å². The fraction of sp³-hybridized carbons (Fsp3) is 0.286. The highest BCUT2D eigenvalue weighted by Crippen LogP contribution is 2.23. The number of fused-ring (bicyclic) bond motifs is 1. The van der Waals surface area contributed by atoms with Gasteiger partial charge in [-0.05, 0) is 42.0 Å². The molecule has 0 fully saturated rings. The first kappa shape index (κ1) is 15.3. The van der Waals surface area contributed by atoms with Crippen LogP contribution in [0.1, 0.15) is 13.3 Å². The van der Waals surface area contributed by atoms with Crippen LogP contribution in [0.2, 0.25) is 0 Å². The monoisotopic (exact) mass is 308 g/mol. The molecule has 0 aliphatic rings. The van der Waals surface area contributed by atoms with Crippen LogP contribution in [0, 0.1) is 0 Å². The molecule has 4 N–H and O–H groups in total. The van der Waals surface area contributed by atoms with Crippen molar-refractivity contribution in [2.24, 2.45) is 0 Å². The zero-order chi connectivity index (χ0) is 15.5. The predicted octanol–water partition coefficient (Wildman–Crippen LogP) is 2.25. The molecule has 6 nitrogen and oxygen atoms in total. The van der Waals surface area contributed by atoms with Crippen LogP contribution in [-0.2, 0) is 4.79 Å². The Morgan fingerprint density at radius 1 is 1.33 bits per heavy atom. The number of hydrogen-bond donors (Lipinski definition) is 4. The first-order valence-corrected chi connectivity index (χ1v) is 7.20. The minimum absolute atomic E-state index is 0.147. The number of carbonyl (C=O) groups excluding carboxylic acids is 1. The molecule has 1 aromatic heterocycles. The van der Waals surface area contributed by atoms with Gasteiger partial charge in [0, 0.05) is 16.9 Å². The van der Waals surface area contributed by atoms with Crippen molar-refractivity contribution < 1.29 is 19.8 Å². The number of hydrogen-bond acceptors (Lipinski definition) is 4. The molecule has 0 spiro atoms. The number of aliphatic carboxylic acids is 1. The van der Waals surface area contributed by atoms with Gasteiger partial charge in [0.1, 0.15) is 0 Å². The molecule has 21 heavy (non-hydrogen) atoms. The summed E-state index contributed by atoms with van der Waals surface area (Å²) in [5.41, 5.74) is -0.850. The summed E-state index contributed by atoms with van der Waals surface area (Å²) in [5.74, 6) is -1.12. The largest absolute Gasteiger partial charge is 0.481 e. The van der Waals surface area contributed by atoms with Crippen LogP contribution in [0.25, 0.3) is 10.1 Å². The maximum Gasteiger partial charge on any atom is 0.319 e. The third kappa shape index (κ3) is 4.44. The van der Waals surface area contributed by atoms with Crippen molar-refractivity contribution >= 4 is 39.1 Å². The van der Waals surface area contributed by atoms with Crippen molar-refractivity contribution in [2.45, 2.75) is 18.9 Å². The van der Waals surface area contributed by atoms with Gasteiger partial charge in [-0.3, -0.25) is 4.79 Å². The standard InChI is InChI=1S/C14H16N2O4S/c1-14(20,7-12(17)18)8-15-13(19)16-10-2-3-11-9(6-10)4-5-21-11/h2-6,20H,7-8H2,1H3,(H,17,18)(H2,15,16,19). The van der Waals surface area contributed by atoms with Crippen LogP contribution in [0.3, 0.4) is 0 Å². The van der Waals surface area contributed by atoms with Crippen molar-refractivity contribution in [2.75, 3.05) is 11.9 Å². The highest BCUT2D eigenvalue weighted by atomic mass is 32.1. The van der Waals surface area contributed by atoms with Gasteiger partial charge in [0.2, 0.25) is 0 Å². The molecule has 0 bridgehead atoms. The molecule has 112 valence electrons. The van der Waals surface area contributed by atoms with Crippen molar-refractivity contribution in [3.8, 4) is 0 Å². The van der Waals surface area contributed by atoms with E-state index in [1.54, 1.807) is 17.4 Å². The van der Waals surface area contributed by atoms with Crippen molar-refractivity contribution in [3.05, 3.63) is 29.6 Å². The van der Waals surface area contributed by atoms with Gasteiger partial charge in [-0.15, -0.1) is 11.3 Å². The van der Waals surface area contributed by atoms with Gasteiger partial charge in [0.25, 0.3) is 0 Å². The molecule has 2 amide bonds. The molecule has 1 atom stereocenters. The lowest BCUT2D eigenvalue weighted by Gasteiger charge is -2.21. The Balaban J connectivity index is 1.90. The molecule has 0 saturated carbocycles. The summed E-state index contributed by atoms with van der Waals surface area (Å²) in [6.07, 6.45) is -0.436. The summed E-state index contributed by atoms with van der Waals surface area (Å²) in [5, 5.41) is 26.5. The Labute approximate surface area is 125 Å². The van der Waals surface area contributed by atoms with E-state index in [2.05, 4.69) is 10.6 Å². The van der Waals surface area contributed by atoms with E-state index >= 15 is 0 Å². The van der Waals surface area contributed by atoms with Gasteiger partial charge >= 0.3 is 12.0 Å². The average molecular weight is 308 g/mol. The fourth-order valence-corrected chi connectivity index (χ4v) is 2.65. The van der Waals surface area contributed by atoms with Gasteiger partial charge in [-0.1, -0.05) is 0 Å². The zero-order valence-corrected chi connectivity index (χ0v) is 12.2. The van der Waals surface area contributed by atoms with Crippen LogP contribution in [0.15, 0.2) is 29.6 Å². The molecule has 1 aromatic carbocycles. The second kappa shape index (κ2) is 6.11. The van der Waals surface area contributed by atoms with Gasteiger partial charge < -0.3 is 20.8 Å². The smallest absolute Gasteiger partial charge is 0.319 e. The Morgan fingerprint density at radius 2 is 2.10 bits per heavy atom. The summed E-state index contributed by atoms with van der Waals surface area (Å²) in [6, 6.07) is 7.01. The lowest BCUT2D eigenvalue weighted by atomic mass is 10.0. The van der Waals surface area contributed by atoms with E-state index < -0.39 is 24.0 Å². The van der Waals surface area contributed by atoms with Gasteiger partial charge in [-0.25, -0.2) is 4.79 Å². The van der Waals surface area contributed by atoms with Crippen LogP contribution >= 0.6 is 11.3 Å². The minimum Gasteiger partial charge on any atom is -0.481 e. The highest BCUT2D eigenvalue weighted by Gasteiger charge is 2.24. The van der Waals surface area contributed by atoms with Crippen LogP contribution in [0.4, 0.5) is 10.5 Å². The zero-order valence-electron chi connectivity index (χ0n) is 11.4. The van der Waals surface area contributed by atoms with Gasteiger partial charge in [0.05, 0.1) is 12.0 Å². The number of rotatable bonds is 5. The number of amides is 2. The second-order valence-electron chi connectivity index (χ2n) is 5.05. The van der Waals surface area contributed by atoms with Crippen LogP contribution < -0.4 is 10.6 Å². The molecule has 0 saturated heterocycles. The summed E-state index contributed by atoms with van der Waals surface area (Å²) in [6.45, 7) is 1.21. The number of benzene rings is 1. The number of aliphatic hydroxyl groups is 1. The van der Waals surface area contributed by atoms with E-state index in [1.807, 2.05) is 23.6 Å². The van der Waals surface area contributed by atoms with Crippen LogP contribution in [-0.4, -0.2) is 34.4 Å². The minimum atomic E-state index is -1.49. The highest BCUT2D eigenvalue weighted by molar-refractivity contribution is 7.17. The molecule has 1 unspecified atom stereocenters. The number of thiophene rings is 1. The van der Waals surface area contributed by atoms with Crippen molar-refractivity contribution in [1.82, 2.24) is 5.32 Å². The van der Waals surface area contributed by atoms with E-state index in [4.69, 9.17) is 5.11 Å². The Morgan fingerprint density at radius 3 is 2.81 bits per heavy atom. The summed E-state index contributed by atoms with van der Waals surface area (Å²) in [7, 11) is 0. The van der Waals surface area contributed by atoms with Crippen molar-refractivity contribution in [1.29, 1.82) is 0 Å². The Hall–Kier alpha value is -2.12. The fourth-order valence-electron chi connectivity index (χ4n) is 1.88. The molecule has 0 aliphatic heterocycles. The quantitative estimate of drug-likeness (QED) is 0.681.